The van der Waals surface area contributed by atoms with Crippen LogP contribution in [0.1, 0.15) is 29.4 Å². The predicted molar refractivity (Wildman–Crippen MR) is 72.9 cm³/mol. The van der Waals surface area contributed by atoms with E-state index < -0.39 is 0 Å². The maximum atomic E-state index is 10.2. The number of aromatic nitrogens is 2. The van der Waals surface area contributed by atoms with Crippen LogP contribution in [0.25, 0.3) is 0 Å². The van der Waals surface area contributed by atoms with E-state index in [1.807, 2.05) is 13.0 Å². The predicted octanol–water partition coefficient (Wildman–Crippen LogP) is 2.41. The number of hydrogen-bond acceptors (Lipinski definition) is 3. The van der Waals surface area contributed by atoms with Crippen LogP contribution < -0.4 is 0 Å². The van der Waals surface area contributed by atoms with Crippen LogP contribution in [0, 0.1) is 6.92 Å². The van der Waals surface area contributed by atoms with Crippen LogP contribution in [-0.2, 0) is 22.4 Å². The highest BCUT2D eigenvalue weighted by atomic mass is 16.5. The van der Waals surface area contributed by atoms with Crippen LogP contribution in [0.15, 0.2) is 30.3 Å². The molecular weight excluding hydrogens is 240 g/mol. The minimum absolute atomic E-state index is 0.145. The maximum Gasteiger partial charge on any atom is 0.293 e. The maximum absolute atomic E-state index is 10.2. The van der Waals surface area contributed by atoms with E-state index in [1.165, 1.54) is 11.1 Å². The third-order valence-electron chi connectivity index (χ3n) is 2.98. The van der Waals surface area contributed by atoms with Gasteiger partial charge in [0.1, 0.15) is 6.10 Å². The minimum Gasteiger partial charge on any atom is -0.464 e. The zero-order chi connectivity index (χ0) is 13.7. The molecule has 0 aliphatic carbocycles. The van der Waals surface area contributed by atoms with Gasteiger partial charge in [0.15, 0.2) is 0 Å². The SMILES string of the molecule is Cc1ccc(Cc2cc(CC(C)OC=O)n[nH]2)cc1. The van der Waals surface area contributed by atoms with Gasteiger partial charge in [-0.2, -0.15) is 5.10 Å². The van der Waals surface area contributed by atoms with Gasteiger partial charge >= 0.3 is 0 Å². The molecule has 0 radical (unpaired) electrons. The summed E-state index contributed by atoms with van der Waals surface area (Å²) in [6.07, 6.45) is 1.31. The molecule has 0 aliphatic heterocycles. The van der Waals surface area contributed by atoms with Gasteiger partial charge < -0.3 is 4.74 Å². The number of benzene rings is 1. The lowest BCUT2D eigenvalue weighted by Crippen LogP contribution is -2.10. The van der Waals surface area contributed by atoms with Gasteiger partial charge in [0.05, 0.1) is 5.69 Å². The molecule has 1 N–H and O–H groups in total. The van der Waals surface area contributed by atoms with Crippen molar-refractivity contribution in [1.29, 1.82) is 0 Å². The van der Waals surface area contributed by atoms with Gasteiger partial charge in [-0.1, -0.05) is 29.8 Å². The van der Waals surface area contributed by atoms with E-state index in [1.54, 1.807) is 0 Å². The molecule has 2 aromatic rings. The zero-order valence-corrected chi connectivity index (χ0v) is 11.2. The average Bonchev–Trinajstić information content (AvgIpc) is 2.80. The van der Waals surface area contributed by atoms with Crippen molar-refractivity contribution in [3.05, 3.63) is 52.8 Å². The highest BCUT2D eigenvalue weighted by molar-refractivity contribution is 5.37. The second-order valence-corrected chi connectivity index (χ2v) is 4.79. The number of ether oxygens (including phenoxy) is 1. The van der Waals surface area contributed by atoms with Crippen LogP contribution in [-0.4, -0.2) is 22.8 Å². The molecule has 0 saturated heterocycles. The van der Waals surface area contributed by atoms with Crippen molar-refractivity contribution < 1.29 is 9.53 Å². The van der Waals surface area contributed by atoms with Gasteiger partial charge in [-0.05, 0) is 25.5 Å². The van der Waals surface area contributed by atoms with E-state index >= 15 is 0 Å². The molecule has 1 aromatic carbocycles. The van der Waals surface area contributed by atoms with Gasteiger partial charge in [0.2, 0.25) is 0 Å². The van der Waals surface area contributed by atoms with Crippen LogP contribution >= 0.6 is 0 Å². The fourth-order valence-corrected chi connectivity index (χ4v) is 1.97. The first-order chi connectivity index (χ1) is 9.17. The van der Waals surface area contributed by atoms with Crippen molar-refractivity contribution in [1.82, 2.24) is 10.2 Å². The topological polar surface area (TPSA) is 55.0 Å². The second-order valence-electron chi connectivity index (χ2n) is 4.79. The van der Waals surface area contributed by atoms with Crippen molar-refractivity contribution in [3.63, 3.8) is 0 Å². The summed E-state index contributed by atoms with van der Waals surface area (Å²) in [5, 5.41) is 7.25. The Kier molecular flexibility index (Phi) is 4.34. The highest BCUT2D eigenvalue weighted by Crippen LogP contribution is 2.11. The lowest BCUT2D eigenvalue weighted by atomic mass is 10.1. The fourth-order valence-electron chi connectivity index (χ4n) is 1.97. The zero-order valence-electron chi connectivity index (χ0n) is 11.2. The molecule has 2 rings (SSSR count). The number of carbonyl (C=O) groups excluding carboxylic acids is 1. The number of nitrogens with one attached hydrogen (secondary N) is 1. The molecule has 19 heavy (non-hydrogen) atoms. The standard InChI is InChI=1S/C15H18N2O2/c1-11-3-5-13(6-4-11)8-15-9-14(16-17-15)7-12(2)19-10-18/h3-6,9-10,12H,7-8H2,1-2H3,(H,16,17). The molecule has 1 unspecified atom stereocenters. The lowest BCUT2D eigenvalue weighted by Gasteiger charge is -2.05. The third kappa shape index (κ3) is 3.95. The Bertz CT molecular complexity index is 531. The van der Waals surface area contributed by atoms with Crippen LogP contribution in [0.4, 0.5) is 0 Å². The van der Waals surface area contributed by atoms with Gasteiger partial charge in [-0.25, -0.2) is 0 Å². The summed E-state index contributed by atoms with van der Waals surface area (Å²) in [7, 11) is 0. The van der Waals surface area contributed by atoms with Crippen LogP contribution in [0.3, 0.4) is 0 Å². The van der Waals surface area contributed by atoms with Crippen LogP contribution in [0.2, 0.25) is 0 Å². The molecule has 4 nitrogen and oxygen atoms in total. The molecule has 1 aromatic heterocycles. The van der Waals surface area contributed by atoms with Crippen molar-refractivity contribution in [3.8, 4) is 0 Å². The molecular formula is C15H18N2O2. The number of H-pyrrole nitrogens is 1. The van der Waals surface area contributed by atoms with Crippen molar-refractivity contribution in [2.75, 3.05) is 0 Å². The molecule has 0 bridgehead atoms. The Labute approximate surface area is 112 Å². The third-order valence-corrected chi connectivity index (χ3v) is 2.98. The summed E-state index contributed by atoms with van der Waals surface area (Å²) >= 11 is 0. The molecule has 0 fully saturated rings. The smallest absolute Gasteiger partial charge is 0.293 e. The lowest BCUT2D eigenvalue weighted by molar-refractivity contribution is -0.132. The second kappa shape index (κ2) is 6.18. The summed E-state index contributed by atoms with van der Waals surface area (Å²) in [6, 6.07) is 10.5. The molecule has 0 saturated carbocycles. The number of rotatable bonds is 6. The molecule has 100 valence electrons. The first kappa shape index (κ1) is 13.3. The molecule has 4 heteroatoms. The Morgan fingerprint density at radius 3 is 2.79 bits per heavy atom. The molecule has 0 aliphatic rings. The van der Waals surface area contributed by atoms with E-state index in [0.717, 1.165) is 17.8 Å². The van der Waals surface area contributed by atoms with E-state index in [0.29, 0.717) is 12.9 Å². The monoisotopic (exact) mass is 258 g/mol. The van der Waals surface area contributed by atoms with Crippen molar-refractivity contribution >= 4 is 6.47 Å². The summed E-state index contributed by atoms with van der Waals surface area (Å²) in [5.74, 6) is 0. The summed E-state index contributed by atoms with van der Waals surface area (Å²) in [4.78, 5) is 10.2. The minimum atomic E-state index is -0.145. The number of aromatic amines is 1. The highest BCUT2D eigenvalue weighted by Gasteiger charge is 2.08. The van der Waals surface area contributed by atoms with Crippen molar-refractivity contribution in [2.24, 2.45) is 0 Å². The van der Waals surface area contributed by atoms with Crippen LogP contribution in [0.5, 0.6) is 0 Å². The Balaban J connectivity index is 1.97. The normalized spacial score (nSPS) is 12.1. The number of aryl methyl sites for hydroxylation is 1. The summed E-state index contributed by atoms with van der Waals surface area (Å²) in [6.45, 7) is 4.40. The largest absolute Gasteiger partial charge is 0.464 e. The van der Waals surface area contributed by atoms with E-state index in [2.05, 4.69) is 41.4 Å². The summed E-state index contributed by atoms with van der Waals surface area (Å²) < 4.78 is 4.85. The van der Waals surface area contributed by atoms with Gasteiger partial charge in [0.25, 0.3) is 6.47 Å². The molecule has 0 spiro atoms. The fraction of sp³-hybridized carbons (Fsp3) is 0.333. The average molecular weight is 258 g/mol. The molecule has 1 atom stereocenters. The van der Waals surface area contributed by atoms with Crippen molar-refractivity contribution in [2.45, 2.75) is 32.8 Å². The first-order valence-electron chi connectivity index (χ1n) is 6.35. The van der Waals surface area contributed by atoms with E-state index in [9.17, 15) is 4.79 Å². The Hall–Kier alpha value is -2.10. The Morgan fingerprint density at radius 2 is 2.11 bits per heavy atom. The number of carbonyl (C=O) groups is 1. The first-order valence-corrected chi connectivity index (χ1v) is 6.35. The van der Waals surface area contributed by atoms with E-state index in [-0.39, 0.29) is 6.10 Å². The van der Waals surface area contributed by atoms with Gasteiger partial charge in [-0.15, -0.1) is 0 Å². The number of hydrogen-bond donors (Lipinski definition) is 1. The quantitative estimate of drug-likeness (QED) is 0.809. The molecule has 0 amide bonds. The van der Waals surface area contributed by atoms with E-state index in [4.69, 9.17) is 4.74 Å². The number of nitrogens with zero attached hydrogens (tertiary/aromatic N) is 1. The molecule has 1 heterocycles. The van der Waals surface area contributed by atoms with Gasteiger partial charge in [0, 0.05) is 18.5 Å². The van der Waals surface area contributed by atoms with Gasteiger partial charge in [-0.3, -0.25) is 9.89 Å². The Morgan fingerprint density at radius 1 is 1.37 bits per heavy atom. The summed E-state index contributed by atoms with van der Waals surface area (Å²) in [5.41, 5.74) is 4.49.